The number of likely N-dealkylation sites (tertiary alicyclic amines) is 1. The van der Waals surface area contributed by atoms with Gasteiger partial charge in [-0.3, -0.25) is 0 Å². The van der Waals surface area contributed by atoms with E-state index in [1.54, 1.807) is 23.1 Å². The molecule has 23 heavy (non-hydrogen) atoms. The number of piperidine rings is 1. The van der Waals surface area contributed by atoms with E-state index in [1.165, 1.54) is 0 Å². The highest BCUT2D eigenvalue weighted by Gasteiger charge is 2.37. The zero-order valence-electron chi connectivity index (χ0n) is 13.5. The Morgan fingerprint density at radius 1 is 1.43 bits per heavy atom. The molecule has 1 saturated heterocycles. The zero-order chi connectivity index (χ0) is 17.0. The van der Waals surface area contributed by atoms with Crippen molar-refractivity contribution in [1.82, 2.24) is 9.80 Å². The van der Waals surface area contributed by atoms with E-state index in [0.29, 0.717) is 28.8 Å². The minimum Gasteiger partial charge on any atom is -0.396 e. The van der Waals surface area contributed by atoms with Gasteiger partial charge >= 0.3 is 6.03 Å². The molecule has 0 spiro atoms. The molecule has 128 valence electrons. The van der Waals surface area contributed by atoms with Crippen LogP contribution in [-0.4, -0.2) is 61.3 Å². The number of carbonyl (C=O) groups excluding carboxylic acids is 1. The molecule has 0 aromatic heterocycles. The molecule has 7 heteroatoms. The number of nitrogens with zero attached hydrogens (tertiary/aromatic N) is 2. The van der Waals surface area contributed by atoms with Crippen LogP contribution in [0, 0.1) is 5.41 Å². The second-order valence-corrected chi connectivity index (χ2v) is 7.24. The first-order chi connectivity index (χ1) is 10.9. The summed E-state index contributed by atoms with van der Waals surface area (Å²) in [6.45, 7) is 1.99. The monoisotopic (exact) mass is 359 g/mol. The zero-order valence-corrected chi connectivity index (χ0v) is 15.0. The molecule has 0 saturated carbocycles. The summed E-state index contributed by atoms with van der Waals surface area (Å²) in [6.07, 6.45) is 1.77. The van der Waals surface area contributed by atoms with Gasteiger partial charge in [-0.2, -0.15) is 0 Å². The number of nitrogens with one attached hydrogen (secondary N) is 1. The lowest BCUT2D eigenvalue weighted by Crippen LogP contribution is -2.52. The highest BCUT2D eigenvalue weighted by atomic mass is 35.5. The largest absolute Gasteiger partial charge is 0.396 e. The maximum Gasteiger partial charge on any atom is 0.321 e. The molecule has 2 rings (SSSR count). The number of urea groups is 1. The van der Waals surface area contributed by atoms with Crippen molar-refractivity contribution in [3.8, 4) is 0 Å². The van der Waals surface area contributed by atoms with Crippen LogP contribution in [0.25, 0.3) is 0 Å². The van der Waals surface area contributed by atoms with Crippen LogP contribution in [0.2, 0.25) is 10.0 Å². The van der Waals surface area contributed by atoms with Crippen LogP contribution in [0.3, 0.4) is 0 Å². The third-order valence-corrected chi connectivity index (χ3v) is 4.95. The number of halogens is 2. The van der Waals surface area contributed by atoms with Gasteiger partial charge in [-0.15, -0.1) is 0 Å². The van der Waals surface area contributed by atoms with Crippen LogP contribution in [0.5, 0.6) is 0 Å². The molecular weight excluding hydrogens is 337 g/mol. The molecule has 1 unspecified atom stereocenters. The van der Waals surface area contributed by atoms with Crippen molar-refractivity contribution in [1.29, 1.82) is 0 Å². The highest BCUT2D eigenvalue weighted by Crippen LogP contribution is 2.32. The molecule has 0 bridgehead atoms. The summed E-state index contributed by atoms with van der Waals surface area (Å²) in [5, 5.41) is 13.4. The first-order valence-corrected chi connectivity index (χ1v) is 8.38. The van der Waals surface area contributed by atoms with Crippen molar-refractivity contribution < 1.29 is 9.90 Å². The van der Waals surface area contributed by atoms with Gasteiger partial charge in [0.1, 0.15) is 0 Å². The maximum absolute atomic E-state index is 12.5. The number of carbonyl (C=O) groups is 1. The molecule has 5 nitrogen and oxygen atoms in total. The third-order valence-electron chi connectivity index (χ3n) is 4.13. The van der Waals surface area contributed by atoms with E-state index in [4.69, 9.17) is 23.2 Å². The lowest BCUT2D eigenvalue weighted by molar-refractivity contribution is 0.0294. The average Bonchev–Trinajstić information content (AvgIpc) is 2.51. The van der Waals surface area contributed by atoms with Gasteiger partial charge in [0, 0.05) is 25.0 Å². The van der Waals surface area contributed by atoms with Crippen molar-refractivity contribution >= 4 is 34.9 Å². The van der Waals surface area contributed by atoms with Gasteiger partial charge in [0.05, 0.1) is 22.3 Å². The average molecular weight is 360 g/mol. The summed E-state index contributed by atoms with van der Waals surface area (Å²) in [5.74, 6) is 0. The fourth-order valence-corrected chi connectivity index (χ4v) is 3.50. The summed E-state index contributed by atoms with van der Waals surface area (Å²) in [6, 6.07) is 4.92. The Labute approximate surface area is 147 Å². The van der Waals surface area contributed by atoms with E-state index in [1.807, 2.05) is 19.0 Å². The second-order valence-electron chi connectivity index (χ2n) is 6.45. The fourth-order valence-electron chi connectivity index (χ4n) is 3.15. The number of amides is 2. The van der Waals surface area contributed by atoms with Crippen molar-refractivity contribution in [2.24, 2.45) is 5.41 Å². The van der Waals surface area contributed by atoms with Gasteiger partial charge in [0.25, 0.3) is 0 Å². The van der Waals surface area contributed by atoms with E-state index >= 15 is 0 Å². The van der Waals surface area contributed by atoms with Gasteiger partial charge in [-0.25, -0.2) is 4.79 Å². The SMILES string of the molecule is CN(C)CC1(CO)CCCN(C(=O)Nc2cccc(Cl)c2Cl)C1. The van der Waals surface area contributed by atoms with Crippen LogP contribution in [0.1, 0.15) is 12.8 Å². The molecule has 1 fully saturated rings. The van der Waals surface area contributed by atoms with Crippen LogP contribution in [0.15, 0.2) is 18.2 Å². The Balaban J connectivity index is 2.08. The van der Waals surface area contributed by atoms with E-state index in [9.17, 15) is 9.90 Å². The quantitative estimate of drug-likeness (QED) is 0.867. The molecule has 1 heterocycles. The minimum absolute atomic E-state index is 0.0624. The smallest absolute Gasteiger partial charge is 0.321 e. The van der Waals surface area contributed by atoms with Crippen molar-refractivity contribution in [3.63, 3.8) is 0 Å². The lowest BCUT2D eigenvalue weighted by Gasteiger charge is -2.43. The summed E-state index contributed by atoms with van der Waals surface area (Å²) < 4.78 is 0. The predicted molar refractivity (Wildman–Crippen MR) is 94.4 cm³/mol. The van der Waals surface area contributed by atoms with Gasteiger partial charge < -0.3 is 20.2 Å². The van der Waals surface area contributed by atoms with Crippen LogP contribution < -0.4 is 5.32 Å². The Bertz CT molecular complexity index is 568. The van der Waals surface area contributed by atoms with Crippen molar-refractivity contribution in [2.75, 3.05) is 45.7 Å². The molecule has 1 atom stereocenters. The normalized spacial score (nSPS) is 21.6. The number of anilines is 1. The van der Waals surface area contributed by atoms with Crippen molar-refractivity contribution in [3.05, 3.63) is 28.2 Å². The minimum atomic E-state index is -0.281. The Morgan fingerprint density at radius 3 is 2.83 bits per heavy atom. The second kappa shape index (κ2) is 7.71. The summed E-state index contributed by atoms with van der Waals surface area (Å²) in [7, 11) is 3.95. The van der Waals surface area contributed by atoms with Gasteiger partial charge in [0.2, 0.25) is 0 Å². The number of rotatable bonds is 4. The van der Waals surface area contributed by atoms with E-state index in [-0.39, 0.29) is 18.1 Å². The molecule has 0 aliphatic carbocycles. The number of aliphatic hydroxyl groups is 1. The first kappa shape index (κ1) is 18.3. The molecular formula is C16H23Cl2N3O2. The van der Waals surface area contributed by atoms with Gasteiger partial charge in [-0.05, 0) is 39.1 Å². The van der Waals surface area contributed by atoms with Gasteiger partial charge in [0.15, 0.2) is 0 Å². The Hall–Kier alpha value is -1.01. The van der Waals surface area contributed by atoms with E-state index in [2.05, 4.69) is 5.32 Å². The number of hydrogen-bond donors (Lipinski definition) is 2. The number of aliphatic hydroxyl groups excluding tert-OH is 1. The maximum atomic E-state index is 12.5. The molecule has 0 radical (unpaired) electrons. The summed E-state index contributed by atoms with van der Waals surface area (Å²) in [4.78, 5) is 16.3. The number of hydrogen-bond acceptors (Lipinski definition) is 3. The molecule has 2 N–H and O–H groups in total. The standard InChI is InChI=1S/C16H23Cl2N3O2/c1-20(2)9-16(11-22)7-4-8-21(10-16)15(23)19-13-6-3-5-12(17)14(13)18/h3,5-6,22H,4,7-11H2,1-2H3,(H,19,23). The summed E-state index contributed by atoms with van der Waals surface area (Å²) in [5.41, 5.74) is 0.217. The number of benzene rings is 1. The Morgan fingerprint density at radius 2 is 2.17 bits per heavy atom. The predicted octanol–water partition coefficient (Wildman–Crippen LogP) is 3.16. The first-order valence-electron chi connectivity index (χ1n) is 7.62. The van der Waals surface area contributed by atoms with Gasteiger partial charge in [-0.1, -0.05) is 29.3 Å². The van der Waals surface area contributed by atoms with Crippen molar-refractivity contribution in [2.45, 2.75) is 12.8 Å². The van der Waals surface area contributed by atoms with E-state index < -0.39 is 0 Å². The highest BCUT2D eigenvalue weighted by molar-refractivity contribution is 6.43. The third kappa shape index (κ3) is 4.51. The van der Waals surface area contributed by atoms with Crippen LogP contribution in [-0.2, 0) is 0 Å². The molecule has 1 aromatic rings. The van der Waals surface area contributed by atoms with E-state index in [0.717, 1.165) is 19.4 Å². The van der Waals surface area contributed by atoms with Crippen LogP contribution in [0.4, 0.5) is 10.5 Å². The molecule has 2 amide bonds. The topological polar surface area (TPSA) is 55.8 Å². The summed E-state index contributed by atoms with van der Waals surface area (Å²) >= 11 is 12.1. The fraction of sp³-hybridized carbons (Fsp3) is 0.562. The molecule has 1 aromatic carbocycles. The van der Waals surface area contributed by atoms with Crippen LogP contribution >= 0.6 is 23.2 Å². The Kier molecular flexibility index (Phi) is 6.14. The molecule has 1 aliphatic heterocycles. The lowest BCUT2D eigenvalue weighted by atomic mass is 9.80. The molecule has 1 aliphatic rings.